The molecule has 0 saturated carbocycles. The average molecular weight is 367 g/mol. The van der Waals surface area contributed by atoms with E-state index in [-0.39, 0.29) is 34.5 Å². The molecule has 27 heavy (non-hydrogen) atoms. The predicted octanol–water partition coefficient (Wildman–Crippen LogP) is 2.95. The number of carbonyl (C=O) groups is 1. The third kappa shape index (κ3) is 3.69. The first-order chi connectivity index (χ1) is 12.9. The molecule has 138 valence electrons. The normalized spacial score (nSPS) is 10.7. The third-order valence-electron chi connectivity index (χ3n) is 4.13. The number of ketones is 1. The summed E-state index contributed by atoms with van der Waals surface area (Å²) < 4.78 is 6.98. The van der Waals surface area contributed by atoms with Crippen LogP contribution in [0.1, 0.15) is 29.8 Å². The minimum absolute atomic E-state index is 0.0874. The van der Waals surface area contributed by atoms with Gasteiger partial charge in [-0.2, -0.15) is 0 Å². The average Bonchev–Trinajstić information content (AvgIpc) is 2.65. The van der Waals surface area contributed by atoms with E-state index in [0.29, 0.717) is 23.5 Å². The van der Waals surface area contributed by atoms with Crippen molar-refractivity contribution >= 4 is 22.4 Å². The van der Waals surface area contributed by atoms with Crippen molar-refractivity contribution in [2.75, 3.05) is 6.61 Å². The summed E-state index contributed by atoms with van der Waals surface area (Å²) in [7, 11) is 0. The van der Waals surface area contributed by atoms with Gasteiger partial charge in [0.15, 0.2) is 5.78 Å². The van der Waals surface area contributed by atoms with Crippen molar-refractivity contribution in [1.29, 1.82) is 0 Å². The molecule has 0 bridgehead atoms. The SMILES string of the molecule is CCOc1ccc(C(C)=O)cc1Cn1cnc2cc([N+](=O)[O-])ccc2c1=O. The summed E-state index contributed by atoms with van der Waals surface area (Å²) in [6.45, 7) is 3.92. The Labute approximate surface area is 154 Å². The van der Waals surface area contributed by atoms with Gasteiger partial charge in [0.2, 0.25) is 0 Å². The van der Waals surface area contributed by atoms with E-state index in [9.17, 15) is 19.7 Å². The summed E-state index contributed by atoms with van der Waals surface area (Å²) in [5.74, 6) is 0.494. The van der Waals surface area contributed by atoms with Gasteiger partial charge in [-0.1, -0.05) is 0 Å². The number of hydrogen-bond donors (Lipinski definition) is 0. The zero-order chi connectivity index (χ0) is 19.6. The summed E-state index contributed by atoms with van der Waals surface area (Å²) in [6, 6.07) is 9.02. The standard InChI is InChI=1S/C19H17N3O5/c1-3-27-18-7-4-13(12(2)23)8-14(18)10-21-11-20-17-9-15(22(25)26)5-6-16(17)19(21)24/h4-9,11H,3,10H2,1-2H3. The molecule has 3 aromatic rings. The Kier molecular flexibility index (Phi) is 4.98. The zero-order valence-corrected chi connectivity index (χ0v) is 14.8. The van der Waals surface area contributed by atoms with Crippen LogP contribution in [0.2, 0.25) is 0 Å². The first-order valence-corrected chi connectivity index (χ1v) is 8.31. The Balaban J connectivity index is 2.06. The molecule has 0 aliphatic rings. The van der Waals surface area contributed by atoms with E-state index >= 15 is 0 Å². The van der Waals surface area contributed by atoms with E-state index < -0.39 is 4.92 Å². The molecule has 3 rings (SSSR count). The molecule has 0 aliphatic carbocycles. The van der Waals surface area contributed by atoms with Gasteiger partial charge < -0.3 is 4.74 Å². The molecular formula is C19H17N3O5. The number of Topliss-reactive ketones (excluding diaryl/α,β-unsaturated/α-hetero) is 1. The summed E-state index contributed by atoms with van der Waals surface area (Å²) in [6.07, 6.45) is 1.34. The van der Waals surface area contributed by atoms with Crippen LogP contribution in [0.4, 0.5) is 5.69 Å². The largest absolute Gasteiger partial charge is 0.494 e. The van der Waals surface area contributed by atoms with E-state index in [2.05, 4.69) is 4.98 Å². The Morgan fingerprint density at radius 2 is 2.04 bits per heavy atom. The number of fused-ring (bicyclic) bond motifs is 1. The van der Waals surface area contributed by atoms with Gasteiger partial charge in [-0.05, 0) is 38.1 Å². The quantitative estimate of drug-likeness (QED) is 0.377. The fraction of sp³-hybridized carbons (Fsp3) is 0.211. The lowest BCUT2D eigenvalue weighted by Gasteiger charge is -2.13. The second-order valence-electron chi connectivity index (χ2n) is 5.95. The van der Waals surface area contributed by atoms with Crippen molar-refractivity contribution in [2.45, 2.75) is 20.4 Å². The number of nitrogens with zero attached hydrogens (tertiary/aromatic N) is 3. The molecule has 8 nitrogen and oxygen atoms in total. The van der Waals surface area contributed by atoms with Gasteiger partial charge in [0.05, 0.1) is 35.3 Å². The van der Waals surface area contributed by atoms with Gasteiger partial charge in [0.1, 0.15) is 5.75 Å². The molecule has 1 heterocycles. The second kappa shape index (κ2) is 7.36. The Hall–Kier alpha value is -3.55. The highest BCUT2D eigenvalue weighted by Crippen LogP contribution is 2.22. The highest BCUT2D eigenvalue weighted by molar-refractivity contribution is 5.94. The number of rotatable bonds is 6. The number of hydrogen-bond acceptors (Lipinski definition) is 6. The number of nitro benzene ring substituents is 1. The van der Waals surface area contributed by atoms with Gasteiger partial charge in [0.25, 0.3) is 11.2 Å². The first-order valence-electron chi connectivity index (χ1n) is 8.31. The van der Waals surface area contributed by atoms with Crippen LogP contribution in [0.15, 0.2) is 47.5 Å². The van der Waals surface area contributed by atoms with E-state index in [1.807, 2.05) is 6.92 Å². The van der Waals surface area contributed by atoms with Gasteiger partial charge in [-0.25, -0.2) is 4.98 Å². The number of aromatic nitrogens is 2. The lowest BCUT2D eigenvalue weighted by Crippen LogP contribution is -2.21. The molecular weight excluding hydrogens is 350 g/mol. The molecule has 0 amide bonds. The number of ether oxygens (including phenoxy) is 1. The third-order valence-corrected chi connectivity index (χ3v) is 4.13. The van der Waals surface area contributed by atoms with E-state index in [1.165, 1.54) is 36.0 Å². The molecule has 0 unspecified atom stereocenters. The molecule has 0 N–H and O–H groups in total. The maximum Gasteiger partial charge on any atom is 0.271 e. The molecule has 1 aromatic heterocycles. The minimum Gasteiger partial charge on any atom is -0.494 e. The lowest BCUT2D eigenvalue weighted by atomic mass is 10.1. The number of carbonyl (C=O) groups excluding carboxylic acids is 1. The second-order valence-corrected chi connectivity index (χ2v) is 5.95. The van der Waals surface area contributed by atoms with Gasteiger partial charge >= 0.3 is 0 Å². The predicted molar refractivity (Wildman–Crippen MR) is 99.4 cm³/mol. The van der Waals surface area contributed by atoms with Crippen molar-refractivity contribution in [3.05, 3.63) is 74.3 Å². The minimum atomic E-state index is -0.533. The van der Waals surface area contributed by atoms with Crippen molar-refractivity contribution in [1.82, 2.24) is 9.55 Å². The fourth-order valence-electron chi connectivity index (χ4n) is 2.77. The maximum atomic E-state index is 12.7. The van der Waals surface area contributed by atoms with Crippen LogP contribution >= 0.6 is 0 Å². The van der Waals surface area contributed by atoms with Crippen LogP contribution in [0.25, 0.3) is 10.9 Å². The van der Waals surface area contributed by atoms with Crippen LogP contribution < -0.4 is 10.3 Å². The van der Waals surface area contributed by atoms with Crippen LogP contribution in [0, 0.1) is 10.1 Å². The van der Waals surface area contributed by atoms with E-state index in [0.717, 1.165) is 0 Å². The van der Waals surface area contributed by atoms with Gasteiger partial charge in [-0.15, -0.1) is 0 Å². The number of non-ortho nitro benzene ring substituents is 1. The number of benzene rings is 2. The first kappa shape index (κ1) is 18.2. The van der Waals surface area contributed by atoms with Gasteiger partial charge in [0, 0.05) is 23.3 Å². The van der Waals surface area contributed by atoms with Crippen molar-refractivity contribution in [3.8, 4) is 5.75 Å². The molecule has 0 saturated heterocycles. The van der Waals surface area contributed by atoms with Crippen molar-refractivity contribution in [3.63, 3.8) is 0 Å². The summed E-state index contributed by atoms with van der Waals surface area (Å²) in [4.78, 5) is 38.9. The fourth-order valence-corrected chi connectivity index (χ4v) is 2.77. The van der Waals surface area contributed by atoms with Crippen LogP contribution in [-0.2, 0) is 6.54 Å². The molecule has 0 spiro atoms. The van der Waals surface area contributed by atoms with Crippen LogP contribution in [0.3, 0.4) is 0 Å². The lowest BCUT2D eigenvalue weighted by molar-refractivity contribution is -0.384. The topological polar surface area (TPSA) is 104 Å². The van der Waals surface area contributed by atoms with E-state index in [1.54, 1.807) is 18.2 Å². The smallest absolute Gasteiger partial charge is 0.271 e. The summed E-state index contributed by atoms with van der Waals surface area (Å²) in [5, 5.41) is 11.2. The van der Waals surface area contributed by atoms with Crippen LogP contribution in [0.5, 0.6) is 5.75 Å². The zero-order valence-electron chi connectivity index (χ0n) is 14.8. The van der Waals surface area contributed by atoms with E-state index in [4.69, 9.17) is 4.74 Å². The van der Waals surface area contributed by atoms with Gasteiger partial charge in [-0.3, -0.25) is 24.3 Å². The molecule has 0 atom stereocenters. The Morgan fingerprint density at radius 1 is 1.26 bits per heavy atom. The molecule has 0 fully saturated rings. The molecule has 0 radical (unpaired) electrons. The summed E-state index contributed by atoms with van der Waals surface area (Å²) >= 11 is 0. The molecule has 8 heteroatoms. The van der Waals surface area contributed by atoms with Crippen molar-refractivity contribution in [2.24, 2.45) is 0 Å². The highest BCUT2D eigenvalue weighted by atomic mass is 16.6. The molecule has 0 aliphatic heterocycles. The number of nitro groups is 1. The monoisotopic (exact) mass is 367 g/mol. The van der Waals surface area contributed by atoms with Crippen molar-refractivity contribution < 1.29 is 14.5 Å². The Bertz CT molecular complexity index is 1100. The molecule has 2 aromatic carbocycles. The van der Waals surface area contributed by atoms with Crippen LogP contribution in [-0.4, -0.2) is 26.9 Å². The summed E-state index contributed by atoms with van der Waals surface area (Å²) in [5.41, 5.74) is 0.999. The maximum absolute atomic E-state index is 12.7. The highest BCUT2D eigenvalue weighted by Gasteiger charge is 2.13. The Morgan fingerprint density at radius 3 is 2.70 bits per heavy atom.